The van der Waals surface area contributed by atoms with Gasteiger partial charge in [0.1, 0.15) is 11.5 Å². The lowest BCUT2D eigenvalue weighted by molar-refractivity contribution is 0.488. The van der Waals surface area contributed by atoms with Crippen molar-refractivity contribution in [2.75, 3.05) is 5.73 Å². The fraction of sp³-hybridized carbons (Fsp3) is 0.357. The molecular formula is C14H17BrFN3. The average molecular weight is 326 g/mol. The third-order valence-corrected chi connectivity index (χ3v) is 3.41. The van der Waals surface area contributed by atoms with Gasteiger partial charge in [-0.15, -0.1) is 0 Å². The third kappa shape index (κ3) is 3.35. The van der Waals surface area contributed by atoms with E-state index in [9.17, 15) is 4.39 Å². The zero-order chi connectivity index (χ0) is 14.0. The van der Waals surface area contributed by atoms with E-state index in [4.69, 9.17) is 5.73 Å². The minimum Gasteiger partial charge on any atom is -0.396 e. The van der Waals surface area contributed by atoms with Crippen LogP contribution in [0.25, 0.3) is 11.3 Å². The lowest BCUT2D eigenvalue weighted by Crippen LogP contribution is -2.02. The van der Waals surface area contributed by atoms with Gasteiger partial charge in [0.05, 0.1) is 5.69 Å². The number of aryl methyl sites for hydroxylation is 1. The summed E-state index contributed by atoms with van der Waals surface area (Å²) in [5.41, 5.74) is 7.37. The largest absolute Gasteiger partial charge is 0.396 e. The van der Waals surface area contributed by atoms with E-state index in [0.29, 0.717) is 27.3 Å². The average Bonchev–Trinajstić information content (AvgIpc) is 2.68. The van der Waals surface area contributed by atoms with Crippen LogP contribution in [0.1, 0.15) is 20.3 Å². The molecule has 1 aromatic carbocycles. The van der Waals surface area contributed by atoms with Crippen molar-refractivity contribution >= 4 is 21.6 Å². The van der Waals surface area contributed by atoms with Crippen molar-refractivity contribution in [2.45, 2.75) is 26.8 Å². The molecule has 2 N–H and O–H groups in total. The SMILES string of the molecule is CC(C)CCn1cc(N)c(-c2ccc(Br)cc2F)n1. The molecule has 0 bridgehead atoms. The molecule has 0 amide bonds. The summed E-state index contributed by atoms with van der Waals surface area (Å²) < 4.78 is 16.4. The summed E-state index contributed by atoms with van der Waals surface area (Å²) in [4.78, 5) is 0. The molecule has 0 saturated heterocycles. The second-order valence-corrected chi connectivity index (χ2v) is 5.92. The van der Waals surface area contributed by atoms with Gasteiger partial charge in [-0.3, -0.25) is 4.68 Å². The molecule has 2 rings (SSSR count). The molecule has 0 fully saturated rings. The summed E-state index contributed by atoms with van der Waals surface area (Å²) in [7, 11) is 0. The van der Waals surface area contributed by atoms with Crippen molar-refractivity contribution in [1.82, 2.24) is 9.78 Å². The highest BCUT2D eigenvalue weighted by Gasteiger charge is 2.13. The molecular weight excluding hydrogens is 309 g/mol. The fourth-order valence-electron chi connectivity index (χ4n) is 1.83. The Morgan fingerprint density at radius 1 is 1.42 bits per heavy atom. The first-order chi connectivity index (χ1) is 8.97. The maximum Gasteiger partial charge on any atom is 0.133 e. The molecule has 0 aliphatic carbocycles. The van der Waals surface area contributed by atoms with Gasteiger partial charge in [-0.25, -0.2) is 4.39 Å². The topological polar surface area (TPSA) is 43.8 Å². The van der Waals surface area contributed by atoms with Crippen LogP contribution in [0.2, 0.25) is 0 Å². The molecule has 3 nitrogen and oxygen atoms in total. The third-order valence-electron chi connectivity index (χ3n) is 2.91. The van der Waals surface area contributed by atoms with E-state index >= 15 is 0 Å². The van der Waals surface area contributed by atoms with Gasteiger partial charge in [-0.2, -0.15) is 5.10 Å². The van der Waals surface area contributed by atoms with E-state index in [-0.39, 0.29) is 5.82 Å². The number of nitrogens with zero attached hydrogens (tertiary/aromatic N) is 2. The molecule has 19 heavy (non-hydrogen) atoms. The van der Waals surface area contributed by atoms with E-state index in [1.807, 2.05) is 0 Å². The van der Waals surface area contributed by atoms with Crippen LogP contribution in [0.15, 0.2) is 28.9 Å². The van der Waals surface area contributed by atoms with Crippen LogP contribution in [0.4, 0.5) is 10.1 Å². The molecule has 0 saturated carbocycles. The maximum absolute atomic E-state index is 13.9. The Labute approximate surface area is 120 Å². The summed E-state index contributed by atoms with van der Waals surface area (Å²) in [5, 5.41) is 4.38. The van der Waals surface area contributed by atoms with Gasteiger partial charge in [0.15, 0.2) is 0 Å². The number of nitrogens with two attached hydrogens (primary N) is 1. The monoisotopic (exact) mass is 325 g/mol. The minimum absolute atomic E-state index is 0.324. The van der Waals surface area contributed by atoms with Gasteiger partial charge in [0.25, 0.3) is 0 Å². The number of hydrogen-bond acceptors (Lipinski definition) is 2. The predicted molar refractivity (Wildman–Crippen MR) is 79.2 cm³/mol. The Morgan fingerprint density at radius 2 is 2.16 bits per heavy atom. The van der Waals surface area contributed by atoms with Gasteiger partial charge in [0, 0.05) is 22.8 Å². The van der Waals surface area contributed by atoms with Crippen LogP contribution in [0, 0.1) is 11.7 Å². The van der Waals surface area contributed by atoms with Crippen LogP contribution in [-0.2, 0) is 6.54 Å². The van der Waals surface area contributed by atoms with E-state index in [1.165, 1.54) is 6.07 Å². The van der Waals surface area contributed by atoms with Crippen molar-refractivity contribution in [3.05, 3.63) is 34.7 Å². The Hall–Kier alpha value is -1.36. The normalized spacial score (nSPS) is 11.2. The first-order valence-electron chi connectivity index (χ1n) is 6.25. The number of halogens is 2. The number of hydrogen-bond donors (Lipinski definition) is 1. The van der Waals surface area contributed by atoms with Gasteiger partial charge in [-0.1, -0.05) is 29.8 Å². The molecule has 2 aromatic rings. The molecule has 1 heterocycles. The van der Waals surface area contributed by atoms with Crippen molar-refractivity contribution < 1.29 is 4.39 Å². The van der Waals surface area contributed by atoms with E-state index in [1.54, 1.807) is 23.0 Å². The zero-order valence-electron chi connectivity index (χ0n) is 11.0. The highest BCUT2D eigenvalue weighted by Crippen LogP contribution is 2.28. The van der Waals surface area contributed by atoms with Crippen molar-refractivity contribution in [2.24, 2.45) is 5.92 Å². The highest BCUT2D eigenvalue weighted by molar-refractivity contribution is 9.10. The number of rotatable bonds is 4. The van der Waals surface area contributed by atoms with Crippen molar-refractivity contribution in [3.8, 4) is 11.3 Å². The molecule has 0 aliphatic rings. The van der Waals surface area contributed by atoms with Gasteiger partial charge < -0.3 is 5.73 Å². The Kier molecular flexibility index (Phi) is 4.24. The summed E-state index contributed by atoms with van der Waals surface area (Å²) >= 11 is 3.24. The zero-order valence-corrected chi connectivity index (χ0v) is 12.6. The quantitative estimate of drug-likeness (QED) is 0.920. The van der Waals surface area contributed by atoms with Crippen LogP contribution in [0.3, 0.4) is 0 Å². The molecule has 0 unspecified atom stereocenters. The number of anilines is 1. The Morgan fingerprint density at radius 3 is 2.79 bits per heavy atom. The number of benzene rings is 1. The van der Waals surface area contributed by atoms with E-state index in [0.717, 1.165) is 13.0 Å². The number of aromatic nitrogens is 2. The first-order valence-corrected chi connectivity index (χ1v) is 7.05. The Bertz CT molecular complexity index is 578. The lowest BCUT2D eigenvalue weighted by atomic mass is 10.1. The van der Waals surface area contributed by atoms with Gasteiger partial charge in [0.2, 0.25) is 0 Å². The van der Waals surface area contributed by atoms with Crippen LogP contribution >= 0.6 is 15.9 Å². The molecule has 102 valence electrons. The van der Waals surface area contributed by atoms with Crippen LogP contribution in [0.5, 0.6) is 0 Å². The summed E-state index contributed by atoms with van der Waals surface area (Å²) in [6.45, 7) is 5.10. The van der Waals surface area contributed by atoms with E-state index < -0.39 is 0 Å². The fourth-order valence-corrected chi connectivity index (χ4v) is 2.17. The van der Waals surface area contributed by atoms with Gasteiger partial charge in [-0.05, 0) is 30.5 Å². The molecule has 0 spiro atoms. The van der Waals surface area contributed by atoms with Gasteiger partial charge >= 0.3 is 0 Å². The highest BCUT2D eigenvalue weighted by atomic mass is 79.9. The predicted octanol–water partition coefficient (Wildman–Crippen LogP) is 4.08. The van der Waals surface area contributed by atoms with Crippen molar-refractivity contribution in [1.29, 1.82) is 0 Å². The second-order valence-electron chi connectivity index (χ2n) is 5.00. The standard InChI is InChI=1S/C14H17BrFN3/c1-9(2)5-6-19-8-13(17)14(18-19)11-4-3-10(15)7-12(11)16/h3-4,7-9H,5-6,17H2,1-2H3. The summed E-state index contributed by atoms with van der Waals surface area (Å²) in [6.07, 6.45) is 2.78. The van der Waals surface area contributed by atoms with E-state index in [2.05, 4.69) is 34.9 Å². The summed E-state index contributed by atoms with van der Waals surface area (Å²) in [5.74, 6) is 0.272. The second kappa shape index (κ2) is 5.74. The smallest absolute Gasteiger partial charge is 0.133 e. The maximum atomic E-state index is 13.9. The molecule has 0 radical (unpaired) electrons. The molecule has 1 aromatic heterocycles. The van der Waals surface area contributed by atoms with Crippen LogP contribution < -0.4 is 5.73 Å². The molecule has 0 aliphatic heterocycles. The summed E-state index contributed by atoms with van der Waals surface area (Å²) in [6, 6.07) is 4.89. The van der Waals surface area contributed by atoms with Crippen molar-refractivity contribution in [3.63, 3.8) is 0 Å². The number of nitrogen functional groups attached to an aromatic ring is 1. The minimum atomic E-state index is -0.324. The molecule has 0 atom stereocenters. The first kappa shape index (κ1) is 14.1. The van der Waals surface area contributed by atoms with Crippen LogP contribution in [-0.4, -0.2) is 9.78 Å². The molecule has 5 heteroatoms. The Balaban J connectivity index is 2.29. The lowest BCUT2D eigenvalue weighted by Gasteiger charge is -2.04.